The number of halogens is 2. The van der Waals surface area contributed by atoms with Crippen molar-refractivity contribution < 1.29 is 47.5 Å². The van der Waals surface area contributed by atoms with Crippen LogP contribution in [0.5, 0.6) is 23.0 Å². The predicted octanol–water partition coefficient (Wildman–Crippen LogP) is 33.8. The molecule has 5 aromatic heterocycles. The number of hydrogen-bond acceptors (Lipinski definition) is 16. The average Bonchev–Trinajstić information content (AvgIpc) is 1.60. The summed E-state index contributed by atoms with van der Waals surface area (Å²) >= 11 is 14.4. The highest BCUT2D eigenvalue weighted by molar-refractivity contribution is 9.11. The minimum Gasteiger partial charge on any atom is -0.487 e. The lowest BCUT2D eigenvalue weighted by atomic mass is 9.92. The van der Waals surface area contributed by atoms with Gasteiger partial charge in [0.2, 0.25) is 0 Å². The van der Waals surface area contributed by atoms with Crippen LogP contribution in [0.4, 0.5) is 0 Å². The second-order valence-electron chi connectivity index (χ2n) is 36.9. The Hall–Kier alpha value is -3.50. The Morgan fingerprint density at radius 1 is 0.333 bits per heavy atom. The van der Waals surface area contributed by atoms with Crippen LogP contribution in [0.3, 0.4) is 0 Å². The molecule has 1 aromatic carbocycles. The smallest absolute Gasteiger partial charge is 0.261 e. The number of nitrogens with zero attached hydrogens (tertiary/aromatic N) is 3. The van der Waals surface area contributed by atoms with Crippen LogP contribution in [0, 0.1) is 16.7 Å². The molecule has 0 saturated heterocycles. The Labute approximate surface area is 778 Å². The van der Waals surface area contributed by atoms with E-state index in [-0.39, 0.29) is 17.7 Å². The molecule has 13 nitrogen and oxygen atoms in total. The lowest BCUT2D eigenvalue weighted by Gasteiger charge is -2.30. The molecule has 123 heavy (non-hydrogen) atoms. The second kappa shape index (κ2) is 61.2. The van der Waals surface area contributed by atoms with E-state index in [1.54, 1.807) is 50.2 Å². The highest BCUT2D eigenvalue weighted by atomic mass is 79.9. The third kappa shape index (κ3) is 35.3. The molecule has 1 unspecified atom stereocenters. The average molecular weight is 1900 g/mol. The van der Waals surface area contributed by atoms with Crippen LogP contribution >= 0.6 is 77.2 Å². The lowest BCUT2D eigenvalue weighted by molar-refractivity contribution is -0.0606. The number of aromatic nitrogens is 2. The molecule has 8 heterocycles. The van der Waals surface area contributed by atoms with E-state index in [1.165, 1.54) is 308 Å². The minimum atomic E-state index is -0.516. The number of benzene rings is 1. The molecule has 0 radical (unpaired) electrons. The quantitative estimate of drug-likeness (QED) is 0.0265. The first-order chi connectivity index (χ1) is 60.5. The zero-order valence-electron chi connectivity index (χ0n) is 77.6. The van der Waals surface area contributed by atoms with Gasteiger partial charge in [-0.1, -0.05) is 363 Å². The highest BCUT2D eigenvalue weighted by Gasteiger charge is 2.42. The van der Waals surface area contributed by atoms with Crippen molar-refractivity contribution in [3.8, 4) is 63.6 Å². The molecule has 1 atom stereocenters. The Balaban J connectivity index is 0.965. The van der Waals surface area contributed by atoms with Crippen LogP contribution in [0.2, 0.25) is 0 Å². The second-order valence-corrected chi connectivity index (χ2v) is 43.7. The van der Waals surface area contributed by atoms with Gasteiger partial charge in [0, 0.05) is 53.5 Å². The number of ether oxygens (including phenoxy) is 8. The fourth-order valence-corrected chi connectivity index (χ4v) is 23.5. The third-order valence-electron chi connectivity index (χ3n) is 25.7. The van der Waals surface area contributed by atoms with Gasteiger partial charge in [-0.05, 0) is 113 Å². The van der Waals surface area contributed by atoms with Crippen LogP contribution in [0.15, 0.2) is 44.0 Å². The maximum atomic E-state index is 15.3. The van der Waals surface area contributed by atoms with E-state index in [2.05, 4.69) is 97.7 Å². The van der Waals surface area contributed by atoms with Gasteiger partial charge in [0.05, 0.1) is 67.9 Å². The normalized spacial score (nSPS) is 14.6. The Kier molecular flexibility index (Phi) is 51.4. The standard InChI is InChI=1S/C104H163Br2N3O10S4/c1-7-13-19-25-31-36-40-45-51-57-67-112-74-103(75-113-68-58-52-46-41-37-32-26-20-14-8-2)78-116-93-95(118-80-103)99(105)122-97(93)89-65-63-87(120-89)91-83-71-85-86(102(111)109(101(85)110)73-82(61-55-49-30-24-18-12-6)62-56-50-44-35-29-23-17-11-5)72-84(83)92(108-107-91)88-64-66-90(121-88)98-94-96(100(106)123-98)119-81-104(79-117-94,76-114-69-59-53-47-42-38-33-27-21-15-9-3)77-115-70-60-54-48-43-39-34-28-22-16-10-4/h63-66,71-72,82H,7-62,67-70,73-81H2,1-6H3. The van der Waals surface area contributed by atoms with Gasteiger partial charge in [-0.25, -0.2) is 0 Å². The number of carbonyl (C=O) groups excluding carboxylic acids is 2. The number of imide groups is 1. The third-order valence-corrected chi connectivity index (χ3v) is 31.8. The van der Waals surface area contributed by atoms with Gasteiger partial charge in [-0.3, -0.25) is 14.5 Å². The van der Waals surface area contributed by atoms with Gasteiger partial charge < -0.3 is 37.9 Å². The molecule has 3 aliphatic rings. The summed E-state index contributed by atoms with van der Waals surface area (Å²) in [6.07, 6.45) is 70.4. The Morgan fingerprint density at radius 3 is 0.854 bits per heavy atom. The minimum absolute atomic E-state index is 0.223. The van der Waals surface area contributed by atoms with Gasteiger partial charge >= 0.3 is 0 Å². The van der Waals surface area contributed by atoms with Gasteiger partial charge in [-0.15, -0.1) is 55.5 Å². The van der Waals surface area contributed by atoms with E-state index in [1.807, 2.05) is 12.1 Å². The molecule has 9 rings (SSSR count). The SMILES string of the molecule is CCCCCCCCCCCCOCC1(COCCCCCCCCCCCC)COc2c(Br)sc(-c3ccc(-c4nnc(-c5ccc(-c6sc(Br)c7c6OCC(COCCCCCCCCCCCC)(COCCCCCCCCCCCC)CO7)s5)c5cc6c(cc45)C(=O)N(CC(CCCCCCCC)CCCCCCCCCC)C6=O)s3)c2OC1. The number of amides is 2. The van der Waals surface area contributed by atoms with Gasteiger partial charge in [0.15, 0.2) is 23.0 Å². The molecule has 692 valence electrons. The molecule has 0 spiro atoms. The van der Waals surface area contributed by atoms with E-state index in [4.69, 9.17) is 48.1 Å². The molecule has 0 aliphatic carbocycles. The van der Waals surface area contributed by atoms with Crippen molar-refractivity contribution in [2.24, 2.45) is 16.7 Å². The van der Waals surface area contributed by atoms with E-state index >= 15 is 9.59 Å². The topological polar surface area (TPSA) is 137 Å². The molecular formula is C104H163Br2N3O10S4. The van der Waals surface area contributed by atoms with Crippen molar-refractivity contribution in [2.45, 2.75) is 401 Å². The summed E-state index contributed by atoms with van der Waals surface area (Å²) in [4.78, 5) is 37.9. The van der Waals surface area contributed by atoms with Crippen LogP contribution in [-0.2, 0) is 18.9 Å². The van der Waals surface area contributed by atoms with Crippen molar-refractivity contribution in [3.05, 3.63) is 55.1 Å². The largest absolute Gasteiger partial charge is 0.487 e. The first-order valence-electron chi connectivity index (χ1n) is 50.4. The maximum absolute atomic E-state index is 15.3. The summed E-state index contributed by atoms with van der Waals surface area (Å²) < 4.78 is 56.2. The number of fused-ring (bicyclic) bond motifs is 4. The van der Waals surface area contributed by atoms with Gasteiger partial charge in [0.25, 0.3) is 11.8 Å². The molecule has 0 bridgehead atoms. The fraction of sp³-hybridized carbons (Fsp3) is 0.750. The van der Waals surface area contributed by atoms with Crippen molar-refractivity contribution in [1.29, 1.82) is 0 Å². The first-order valence-corrected chi connectivity index (χ1v) is 55.2. The van der Waals surface area contributed by atoms with Crippen LogP contribution in [0.25, 0.3) is 51.4 Å². The highest BCUT2D eigenvalue weighted by Crippen LogP contribution is 2.57. The summed E-state index contributed by atoms with van der Waals surface area (Å²) in [6.45, 7) is 20.5. The molecule has 19 heteroatoms. The number of unbranched alkanes of at least 4 members (excludes halogenated alkanes) is 48. The summed E-state index contributed by atoms with van der Waals surface area (Å²) in [5, 5.41) is 11.9. The predicted molar refractivity (Wildman–Crippen MR) is 530 cm³/mol. The zero-order valence-corrected chi connectivity index (χ0v) is 84.1. The molecule has 0 N–H and O–H groups in total. The van der Waals surface area contributed by atoms with E-state index in [9.17, 15) is 0 Å². The van der Waals surface area contributed by atoms with Crippen molar-refractivity contribution in [3.63, 3.8) is 0 Å². The number of rotatable bonds is 74. The number of carbonyl (C=O) groups is 2. The maximum Gasteiger partial charge on any atom is 0.261 e. The van der Waals surface area contributed by atoms with Crippen molar-refractivity contribution >= 4 is 99.8 Å². The lowest BCUT2D eigenvalue weighted by Crippen LogP contribution is -2.42. The van der Waals surface area contributed by atoms with Crippen LogP contribution < -0.4 is 18.9 Å². The summed E-state index contributed by atoms with van der Waals surface area (Å²) in [7, 11) is 0. The van der Waals surface area contributed by atoms with Crippen LogP contribution in [-0.4, -0.2) is 113 Å². The van der Waals surface area contributed by atoms with Crippen molar-refractivity contribution in [2.75, 3.05) is 85.8 Å². The van der Waals surface area contributed by atoms with Gasteiger partial charge in [-0.2, -0.15) is 0 Å². The molecule has 3 aliphatic heterocycles. The number of hydrogen-bond donors (Lipinski definition) is 0. The first kappa shape index (κ1) is 103. The monoisotopic (exact) mass is 1900 g/mol. The molecule has 2 amide bonds. The summed E-state index contributed by atoms with van der Waals surface area (Å²) in [5.41, 5.74) is 1.12. The fourth-order valence-electron chi connectivity index (χ4n) is 17.9. The van der Waals surface area contributed by atoms with Gasteiger partial charge in [0.1, 0.15) is 45.4 Å². The Bertz CT molecular complexity index is 3570. The molecule has 0 fully saturated rings. The van der Waals surface area contributed by atoms with Crippen molar-refractivity contribution in [1.82, 2.24) is 15.1 Å². The van der Waals surface area contributed by atoms with Crippen LogP contribution in [0.1, 0.15) is 422 Å². The zero-order chi connectivity index (χ0) is 86.6. The molecule has 6 aromatic rings. The van der Waals surface area contributed by atoms with E-state index in [0.29, 0.717) is 131 Å². The molecule has 0 saturated carbocycles. The Morgan fingerprint density at radius 2 is 0.577 bits per heavy atom. The molecular weight excluding hydrogens is 1740 g/mol. The number of thiophene rings is 4. The van der Waals surface area contributed by atoms with E-state index in [0.717, 1.165) is 99.0 Å². The van der Waals surface area contributed by atoms with E-state index < -0.39 is 10.8 Å². The summed E-state index contributed by atoms with van der Waals surface area (Å²) in [6, 6.07) is 12.5. The summed E-state index contributed by atoms with van der Waals surface area (Å²) in [5.74, 6) is 2.61.